The lowest BCUT2D eigenvalue weighted by atomic mass is 10.2. The highest BCUT2D eigenvalue weighted by molar-refractivity contribution is 7.92. The van der Waals surface area contributed by atoms with Crippen LogP contribution in [0.5, 0.6) is 0 Å². The van der Waals surface area contributed by atoms with Gasteiger partial charge < -0.3 is 5.32 Å². The van der Waals surface area contributed by atoms with Crippen molar-refractivity contribution in [3.8, 4) is 10.6 Å². The average Bonchev–Trinajstić information content (AvgIpc) is 3.33. The van der Waals surface area contributed by atoms with Crippen molar-refractivity contribution in [2.45, 2.75) is 18.7 Å². The standard InChI is InChI=1S/C29H24ClN3O3S2/c1-19-8-15-26-27(16-19)37-29(32-26)21-10-12-22(13-11-21)31-28(34)18-33(23-14-9-20(2)25(30)17-23)38(35,36)24-6-4-3-5-7-24/h3-17H,18H2,1-2H3,(H,31,34). The van der Waals surface area contributed by atoms with Crippen LogP contribution in [0.3, 0.4) is 0 Å². The Morgan fingerprint density at radius 1 is 0.947 bits per heavy atom. The van der Waals surface area contributed by atoms with E-state index >= 15 is 0 Å². The van der Waals surface area contributed by atoms with Crippen LogP contribution in [0.2, 0.25) is 5.02 Å². The van der Waals surface area contributed by atoms with Crippen molar-refractivity contribution < 1.29 is 13.2 Å². The molecule has 0 atom stereocenters. The monoisotopic (exact) mass is 561 g/mol. The van der Waals surface area contributed by atoms with Crippen LogP contribution < -0.4 is 9.62 Å². The maximum absolute atomic E-state index is 13.5. The van der Waals surface area contributed by atoms with Crippen molar-refractivity contribution in [1.82, 2.24) is 4.98 Å². The minimum absolute atomic E-state index is 0.0832. The number of halogens is 1. The summed E-state index contributed by atoms with van der Waals surface area (Å²) < 4.78 is 29.2. The molecule has 9 heteroatoms. The lowest BCUT2D eigenvalue weighted by Gasteiger charge is -2.24. The number of carbonyl (C=O) groups is 1. The van der Waals surface area contributed by atoms with E-state index in [2.05, 4.69) is 18.3 Å². The van der Waals surface area contributed by atoms with Gasteiger partial charge in [-0.3, -0.25) is 9.10 Å². The number of nitrogens with zero attached hydrogens (tertiary/aromatic N) is 2. The van der Waals surface area contributed by atoms with Crippen molar-refractivity contribution in [3.05, 3.63) is 107 Å². The van der Waals surface area contributed by atoms with Gasteiger partial charge in [0.05, 0.1) is 20.8 Å². The number of rotatable bonds is 7. The molecule has 1 aromatic heterocycles. The zero-order valence-corrected chi connectivity index (χ0v) is 23.1. The predicted octanol–water partition coefficient (Wildman–Crippen LogP) is 7.07. The van der Waals surface area contributed by atoms with E-state index < -0.39 is 22.5 Å². The number of sulfonamides is 1. The van der Waals surface area contributed by atoms with Gasteiger partial charge >= 0.3 is 0 Å². The van der Waals surface area contributed by atoms with Gasteiger partial charge in [0.1, 0.15) is 11.6 Å². The first-order chi connectivity index (χ1) is 18.2. The first-order valence-corrected chi connectivity index (χ1v) is 14.5. The van der Waals surface area contributed by atoms with E-state index in [9.17, 15) is 13.2 Å². The molecule has 1 amide bonds. The predicted molar refractivity (Wildman–Crippen MR) is 156 cm³/mol. The Hall–Kier alpha value is -3.72. The Kier molecular flexibility index (Phi) is 7.21. The zero-order valence-electron chi connectivity index (χ0n) is 20.7. The summed E-state index contributed by atoms with van der Waals surface area (Å²) in [6, 6.07) is 26.4. The molecule has 4 aromatic carbocycles. The molecule has 0 aliphatic heterocycles. The maximum Gasteiger partial charge on any atom is 0.264 e. The number of anilines is 2. The van der Waals surface area contributed by atoms with Gasteiger partial charge in [0, 0.05) is 16.3 Å². The van der Waals surface area contributed by atoms with Gasteiger partial charge in [0.15, 0.2) is 0 Å². The van der Waals surface area contributed by atoms with Crippen LogP contribution >= 0.6 is 22.9 Å². The molecule has 0 bridgehead atoms. The topological polar surface area (TPSA) is 79.4 Å². The van der Waals surface area contributed by atoms with Crippen LogP contribution in [-0.4, -0.2) is 25.9 Å². The normalized spacial score (nSPS) is 11.4. The van der Waals surface area contributed by atoms with Gasteiger partial charge in [-0.2, -0.15) is 0 Å². The van der Waals surface area contributed by atoms with Gasteiger partial charge in [-0.1, -0.05) is 41.9 Å². The Bertz CT molecular complexity index is 1730. The molecule has 0 aliphatic carbocycles. The molecule has 6 nitrogen and oxygen atoms in total. The van der Waals surface area contributed by atoms with E-state index in [1.165, 1.54) is 17.7 Å². The summed E-state index contributed by atoms with van der Waals surface area (Å²) >= 11 is 7.90. The molecule has 5 rings (SSSR count). The molecule has 5 aromatic rings. The second-order valence-electron chi connectivity index (χ2n) is 8.87. The summed E-state index contributed by atoms with van der Waals surface area (Å²) in [4.78, 5) is 17.9. The highest BCUT2D eigenvalue weighted by atomic mass is 35.5. The van der Waals surface area contributed by atoms with Gasteiger partial charge in [-0.05, 0) is 85.6 Å². The van der Waals surface area contributed by atoms with Crippen molar-refractivity contribution in [1.29, 1.82) is 0 Å². The molecule has 0 aliphatic rings. The molecule has 0 unspecified atom stereocenters. The van der Waals surface area contributed by atoms with Crippen molar-refractivity contribution in [3.63, 3.8) is 0 Å². The number of hydrogen-bond acceptors (Lipinski definition) is 5. The summed E-state index contributed by atoms with van der Waals surface area (Å²) in [5, 5.41) is 4.11. The second kappa shape index (κ2) is 10.6. The minimum Gasteiger partial charge on any atom is -0.325 e. The third-order valence-electron chi connectivity index (χ3n) is 6.02. The molecule has 38 heavy (non-hydrogen) atoms. The number of nitrogens with one attached hydrogen (secondary N) is 1. The maximum atomic E-state index is 13.5. The van der Waals surface area contributed by atoms with E-state index in [1.54, 1.807) is 59.9 Å². The number of aromatic nitrogens is 1. The lowest BCUT2D eigenvalue weighted by molar-refractivity contribution is -0.114. The van der Waals surface area contributed by atoms with E-state index in [4.69, 9.17) is 16.6 Å². The van der Waals surface area contributed by atoms with Crippen LogP contribution in [-0.2, 0) is 14.8 Å². The van der Waals surface area contributed by atoms with Crippen LogP contribution in [0.15, 0.2) is 95.9 Å². The average molecular weight is 562 g/mol. The Morgan fingerprint density at radius 2 is 1.68 bits per heavy atom. The molecule has 0 saturated carbocycles. The smallest absolute Gasteiger partial charge is 0.264 e. The highest BCUT2D eigenvalue weighted by Gasteiger charge is 2.27. The first kappa shape index (κ1) is 25.9. The molecule has 192 valence electrons. The molecule has 0 fully saturated rings. The number of thiazole rings is 1. The fraction of sp³-hybridized carbons (Fsp3) is 0.103. The van der Waals surface area contributed by atoms with Gasteiger partial charge in [0.25, 0.3) is 10.0 Å². The van der Waals surface area contributed by atoms with Crippen LogP contribution in [0.25, 0.3) is 20.8 Å². The second-order valence-corrected chi connectivity index (χ2v) is 12.2. The van der Waals surface area contributed by atoms with E-state index in [0.717, 1.165) is 30.7 Å². The first-order valence-electron chi connectivity index (χ1n) is 11.8. The van der Waals surface area contributed by atoms with E-state index in [-0.39, 0.29) is 4.90 Å². The third-order valence-corrected chi connectivity index (χ3v) is 9.28. The molecular formula is C29H24ClN3O3S2. The summed E-state index contributed by atoms with van der Waals surface area (Å²) in [5.41, 5.74) is 4.73. The zero-order chi connectivity index (χ0) is 26.9. The van der Waals surface area contributed by atoms with Crippen LogP contribution in [0.1, 0.15) is 11.1 Å². The minimum atomic E-state index is -4.02. The number of hydrogen-bond donors (Lipinski definition) is 1. The molecule has 0 saturated heterocycles. The lowest BCUT2D eigenvalue weighted by Crippen LogP contribution is -2.38. The van der Waals surface area contributed by atoms with Gasteiger partial charge in [-0.15, -0.1) is 11.3 Å². The highest BCUT2D eigenvalue weighted by Crippen LogP contribution is 2.32. The molecule has 1 heterocycles. The number of aryl methyl sites for hydroxylation is 2. The third kappa shape index (κ3) is 5.43. The Morgan fingerprint density at radius 3 is 2.39 bits per heavy atom. The molecule has 0 spiro atoms. The van der Waals surface area contributed by atoms with Gasteiger partial charge in [0.2, 0.25) is 5.91 Å². The van der Waals surface area contributed by atoms with E-state index in [0.29, 0.717) is 16.4 Å². The number of amides is 1. The van der Waals surface area contributed by atoms with Crippen LogP contribution in [0.4, 0.5) is 11.4 Å². The summed E-state index contributed by atoms with van der Waals surface area (Å²) in [6.07, 6.45) is 0. The van der Waals surface area contributed by atoms with E-state index in [1.807, 2.05) is 31.2 Å². The van der Waals surface area contributed by atoms with Crippen molar-refractivity contribution >= 4 is 60.5 Å². The fourth-order valence-corrected chi connectivity index (χ4v) is 6.63. The molecule has 1 N–H and O–H groups in total. The Labute approximate surface area is 230 Å². The number of benzene rings is 4. The Balaban J connectivity index is 1.37. The summed E-state index contributed by atoms with van der Waals surface area (Å²) in [6.45, 7) is 3.46. The van der Waals surface area contributed by atoms with Crippen molar-refractivity contribution in [2.24, 2.45) is 0 Å². The van der Waals surface area contributed by atoms with Crippen LogP contribution in [0, 0.1) is 13.8 Å². The molecular weight excluding hydrogens is 538 g/mol. The van der Waals surface area contributed by atoms with Gasteiger partial charge in [-0.25, -0.2) is 13.4 Å². The quantitative estimate of drug-likeness (QED) is 0.230. The SMILES string of the molecule is Cc1ccc2nc(-c3ccc(NC(=O)CN(c4ccc(C)c(Cl)c4)S(=O)(=O)c4ccccc4)cc3)sc2c1. The number of fused-ring (bicyclic) bond motifs is 1. The summed E-state index contributed by atoms with van der Waals surface area (Å²) in [5.74, 6) is -0.482. The largest absolute Gasteiger partial charge is 0.325 e. The number of carbonyl (C=O) groups excluding carboxylic acids is 1. The van der Waals surface area contributed by atoms with Crippen molar-refractivity contribution in [2.75, 3.05) is 16.2 Å². The fourth-order valence-electron chi connectivity index (χ4n) is 3.95. The molecule has 0 radical (unpaired) electrons. The summed E-state index contributed by atoms with van der Waals surface area (Å²) in [7, 11) is -4.02.